The Hall–Kier alpha value is -2.95. The first-order valence-electron chi connectivity index (χ1n) is 11.9. The molecule has 3 heterocycles. The number of nitrogens with zero attached hydrogens (tertiary/aromatic N) is 5. The SMILES string of the molecule is CC1(COc2c(N3CCN(S(=O)(=O)Cc4ccncc4)CC3)cnn(-c3cccc(Cl)c3)c2=O)CC1. The molecule has 0 amide bonds. The molecule has 1 aliphatic heterocycles. The van der Waals surface area contributed by atoms with E-state index in [9.17, 15) is 13.2 Å². The average molecular weight is 530 g/mol. The quantitative estimate of drug-likeness (QED) is 0.442. The average Bonchev–Trinajstić information content (AvgIpc) is 3.60. The number of ether oxygens (including phenoxy) is 1. The van der Waals surface area contributed by atoms with Gasteiger partial charge in [0, 0.05) is 49.0 Å². The van der Waals surface area contributed by atoms with Crippen molar-refractivity contribution < 1.29 is 13.2 Å². The first-order chi connectivity index (χ1) is 17.2. The van der Waals surface area contributed by atoms with Gasteiger partial charge < -0.3 is 9.64 Å². The van der Waals surface area contributed by atoms with Crippen LogP contribution in [0.25, 0.3) is 5.69 Å². The Labute approximate surface area is 215 Å². The van der Waals surface area contributed by atoms with Crippen LogP contribution >= 0.6 is 11.6 Å². The van der Waals surface area contributed by atoms with Gasteiger partial charge in [0.15, 0.2) is 0 Å². The molecule has 3 aromatic rings. The molecule has 5 rings (SSSR count). The van der Waals surface area contributed by atoms with Crippen molar-refractivity contribution in [1.82, 2.24) is 19.1 Å². The summed E-state index contributed by atoms with van der Waals surface area (Å²) in [4.78, 5) is 19.4. The van der Waals surface area contributed by atoms with Gasteiger partial charge in [0.2, 0.25) is 15.8 Å². The molecule has 0 spiro atoms. The van der Waals surface area contributed by atoms with Gasteiger partial charge in [0.05, 0.1) is 24.2 Å². The fourth-order valence-corrected chi connectivity index (χ4v) is 5.87. The van der Waals surface area contributed by atoms with E-state index in [2.05, 4.69) is 17.0 Å². The predicted molar refractivity (Wildman–Crippen MR) is 138 cm³/mol. The molecule has 0 bridgehead atoms. The lowest BCUT2D eigenvalue weighted by Gasteiger charge is -2.35. The summed E-state index contributed by atoms with van der Waals surface area (Å²) in [7, 11) is -3.47. The number of anilines is 1. The van der Waals surface area contributed by atoms with Gasteiger partial charge >= 0.3 is 5.56 Å². The smallest absolute Gasteiger partial charge is 0.316 e. The van der Waals surface area contributed by atoms with E-state index in [-0.39, 0.29) is 22.5 Å². The summed E-state index contributed by atoms with van der Waals surface area (Å²) in [6.07, 6.45) is 6.91. The number of sulfonamides is 1. The van der Waals surface area contributed by atoms with Crippen LogP contribution in [-0.4, -0.2) is 60.3 Å². The molecular weight excluding hydrogens is 502 g/mol. The highest BCUT2D eigenvalue weighted by Gasteiger charge is 2.39. The topological polar surface area (TPSA) is 97.6 Å². The van der Waals surface area contributed by atoms with Gasteiger partial charge in [-0.2, -0.15) is 14.1 Å². The molecule has 0 radical (unpaired) electrons. The third-order valence-electron chi connectivity index (χ3n) is 6.71. The first-order valence-corrected chi connectivity index (χ1v) is 13.9. The van der Waals surface area contributed by atoms with Crippen LogP contribution in [0.1, 0.15) is 25.3 Å². The molecule has 1 saturated heterocycles. The van der Waals surface area contributed by atoms with E-state index < -0.39 is 10.0 Å². The van der Waals surface area contributed by atoms with Crippen molar-refractivity contribution in [3.05, 3.63) is 75.9 Å². The summed E-state index contributed by atoms with van der Waals surface area (Å²) in [5.74, 6) is 0.158. The monoisotopic (exact) mass is 529 g/mol. The zero-order valence-corrected chi connectivity index (χ0v) is 21.6. The van der Waals surface area contributed by atoms with E-state index in [1.807, 2.05) is 4.90 Å². The lowest BCUT2D eigenvalue weighted by Crippen LogP contribution is -2.49. The number of halogens is 1. The van der Waals surface area contributed by atoms with Gasteiger partial charge in [-0.1, -0.05) is 24.6 Å². The predicted octanol–water partition coefficient (Wildman–Crippen LogP) is 3.11. The van der Waals surface area contributed by atoms with Crippen LogP contribution in [0, 0.1) is 5.41 Å². The summed E-state index contributed by atoms with van der Waals surface area (Å²) < 4.78 is 34.8. The van der Waals surface area contributed by atoms with Crippen LogP contribution in [0.3, 0.4) is 0 Å². The van der Waals surface area contributed by atoms with Crippen molar-refractivity contribution in [3.8, 4) is 11.4 Å². The van der Waals surface area contributed by atoms with Crippen molar-refractivity contribution in [3.63, 3.8) is 0 Å². The lowest BCUT2D eigenvalue weighted by molar-refractivity contribution is 0.242. The highest BCUT2D eigenvalue weighted by Crippen LogP contribution is 2.45. The van der Waals surface area contributed by atoms with E-state index in [1.165, 1.54) is 8.99 Å². The molecule has 0 atom stereocenters. The largest absolute Gasteiger partial charge is 0.486 e. The summed E-state index contributed by atoms with van der Waals surface area (Å²) >= 11 is 6.13. The molecule has 9 nitrogen and oxygen atoms in total. The maximum absolute atomic E-state index is 13.5. The van der Waals surface area contributed by atoms with Gasteiger partial charge in [-0.15, -0.1) is 0 Å². The summed E-state index contributed by atoms with van der Waals surface area (Å²) in [6, 6.07) is 10.3. The molecule has 36 heavy (non-hydrogen) atoms. The summed E-state index contributed by atoms with van der Waals surface area (Å²) in [5, 5.41) is 4.90. The third-order valence-corrected chi connectivity index (χ3v) is 8.79. The molecule has 2 aromatic heterocycles. The van der Waals surface area contributed by atoms with Gasteiger partial charge in [0.25, 0.3) is 0 Å². The number of piperazine rings is 1. The fourth-order valence-electron chi connectivity index (χ4n) is 4.17. The maximum atomic E-state index is 13.5. The molecule has 1 aromatic carbocycles. The van der Waals surface area contributed by atoms with Crippen LogP contribution in [0.2, 0.25) is 5.02 Å². The molecule has 2 fully saturated rings. The molecule has 0 N–H and O–H groups in total. The minimum Gasteiger partial charge on any atom is -0.486 e. The van der Waals surface area contributed by atoms with Crippen molar-refractivity contribution >= 4 is 27.3 Å². The van der Waals surface area contributed by atoms with Gasteiger partial charge in [-0.3, -0.25) is 9.78 Å². The van der Waals surface area contributed by atoms with Crippen LogP contribution in [0.5, 0.6) is 5.75 Å². The zero-order valence-electron chi connectivity index (χ0n) is 20.0. The second-order valence-corrected chi connectivity index (χ2v) is 12.1. The van der Waals surface area contributed by atoms with Gasteiger partial charge in [-0.05, 0) is 48.7 Å². The molecule has 0 unspecified atom stereocenters. The molecule has 2 aliphatic rings. The standard InChI is InChI=1S/C25H28ClN5O4S/c1-25(7-8-25)18-35-23-22(16-28-31(24(23)32)21-4-2-3-20(26)15-21)29-11-13-30(14-12-29)36(33,34)17-19-5-9-27-10-6-19/h2-6,9-10,15-16H,7-8,11-14,17-18H2,1H3. The number of hydrogen-bond acceptors (Lipinski definition) is 7. The zero-order chi connectivity index (χ0) is 25.3. The fraction of sp³-hybridized carbons (Fsp3) is 0.400. The molecular formula is C25H28ClN5O4S. The second kappa shape index (κ2) is 9.84. The van der Waals surface area contributed by atoms with E-state index >= 15 is 0 Å². The summed E-state index contributed by atoms with van der Waals surface area (Å²) in [5.41, 5.74) is 1.53. The summed E-state index contributed by atoms with van der Waals surface area (Å²) in [6.45, 7) is 4.03. The Kier molecular flexibility index (Phi) is 6.76. The number of pyridine rings is 1. The van der Waals surface area contributed by atoms with Gasteiger partial charge in [0.1, 0.15) is 5.69 Å². The van der Waals surface area contributed by atoms with Crippen molar-refractivity contribution in [1.29, 1.82) is 0 Å². The first kappa shape index (κ1) is 24.7. The van der Waals surface area contributed by atoms with Crippen LogP contribution < -0.4 is 15.2 Å². The molecule has 1 aliphatic carbocycles. The van der Waals surface area contributed by atoms with Crippen molar-refractivity contribution in [2.24, 2.45) is 5.41 Å². The molecule has 1 saturated carbocycles. The number of benzene rings is 1. The van der Waals surface area contributed by atoms with Crippen molar-refractivity contribution in [2.45, 2.75) is 25.5 Å². The Balaban J connectivity index is 1.38. The van der Waals surface area contributed by atoms with E-state index in [0.717, 1.165) is 12.8 Å². The van der Waals surface area contributed by atoms with Crippen LogP contribution in [0.4, 0.5) is 5.69 Å². The number of aromatic nitrogens is 3. The Morgan fingerprint density at radius 2 is 1.81 bits per heavy atom. The Bertz CT molecular complexity index is 1400. The Morgan fingerprint density at radius 1 is 1.08 bits per heavy atom. The van der Waals surface area contributed by atoms with E-state index in [0.29, 0.717) is 54.7 Å². The minimum atomic E-state index is -3.47. The number of hydrogen-bond donors (Lipinski definition) is 0. The molecule has 11 heteroatoms. The Morgan fingerprint density at radius 3 is 2.47 bits per heavy atom. The number of rotatable bonds is 8. The van der Waals surface area contributed by atoms with E-state index in [4.69, 9.17) is 16.3 Å². The lowest BCUT2D eigenvalue weighted by atomic mass is 10.2. The van der Waals surface area contributed by atoms with E-state index in [1.54, 1.807) is 55.0 Å². The minimum absolute atomic E-state index is 0.0697. The highest BCUT2D eigenvalue weighted by atomic mass is 35.5. The van der Waals surface area contributed by atoms with Crippen molar-refractivity contribution in [2.75, 3.05) is 37.7 Å². The maximum Gasteiger partial charge on any atom is 0.316 e. The third kappa shape index (κ3) is 5.40. The normalized spacial score (nSPS) is 17.7. The van der Waals surface area contributed by atoms with Gasteiger partial charge in [-0.25, -0.2) is 8.42 Å². The second-order valence-electron chi connectivity index (χ2n) is 9.65. The van der Waals surface area contributed by atoms with Crippen LogP contribution in [0.15, 0.2) is 59.8 Å². The van der Waals surface area contributed by atoms with Crippen LogP contribution in [-0.2, 0) is 15.8 Å². The highest BCUT2D eigenvalue weighted by molar-refractivity contribution is 7.88. The molecule has 190 valence electrons.